The van der Waals surface area contributed by atoms with Gasteiger partial charge in [-0.15, -0.1) is 0 Å². The fraction of sp³-hybridized carbons (Fsp3) is 0.444. The third-order valence-electron chi connectivity index (χ3n) is 7.57. The number of carbonyl (C=O) groups excluding carboxylic acids is 1. The number of alkyl halides is 3. The van der Waals surface area contributed by atoms with Crippen molar-refractivity contribution in [1.29, 1.82) is 0 Å². The van der Waals surface area contributed by atoms with Crippen molar-refractivity contribution in [3.8, 4) is 0 Å². The van der Waals surface area contributed by atoms with Crippen LogP contribution in [-0.2, 0) is 27.9 Å². The SMILES string of the molecule is C=C(NCC(=O)NC1CN(C2CCC3(CC2)OCc2ccccc23)C1)c1cccc(C(F)(F)F)c1. The van der Waals surface area contributed by atoms with Crippen LogP contribution in [-0.4, -0.2) is 42.5 Å². The first-order chi connectivity index (χ1) is 16.7. The van der Waals surface area contributed by atoms with E-state index >= 15 is 0 Å². The summed E-state index contributed by atoms with van der Waals surface area (Å²) >= 11 is 0. The van der Waals surface area contributed by atoms with Crippen molar-refractivity contribution in [2.45, 2.75) is 56.2 Å². The quantitative estimate of drug-likeness (QED) is 0.636. The molecule has 0 bridgehead atoms. The van der Waals surface area contributed by atoms with E-state index in [0.29, 0.717) is 18.2 Å². The minimum atomic E-state index is -4.42. The Labute approximate surface area is 203 Å². The number of nitrogens with zero attached hydrogens (tertiary/aromatic N) is 1. The van der Waals surface area contributed by atoms with E-state index in [9.17, 15) is 18.0 Å². The number of ether oxygens (including phenoxy) is 1. The topological polar surface area (TPSA) is 53.6 Å². The highest BCUT2D eigenvalue weighted by atomic mass is 19.4. The van der Waals surface area contributed by atoms with Crippen molar-refractivity contribution in [3.63, 3.8) is 0 Å². The lowest BCUT2D eigenvalue weighted by atomic mass is 9.76. The number of halogens is 3. The summed E-state index contributed by atoms with van der Waals surface area (Å²) in [4.78, 5) is 14.8. The molecular formula is C27H30F3N3O2. The maximum atomic E-state index is 12.9. The Kier molecular flexibility index (Phi) is 6.36. The molecule has 0 aromatic heterocycles. The smallest absolute Gasteiger partial charge is 0.376 e. The normalized spacial score (nSPS) is 24.6. The Morgan fingerprint density at radius 3 is 2.60 bits per heavy atom. The Hall–Kier alpha value is -2.84. The Morgan fingerprint density at radius 1 is 1.11 bits per heavy atom. The summed E-state index contributed by atoms with van der Waals surface area (Å²) in [6, 6.07) is 14.0. The minimum Gasteiger partial charge on any atom is -0.376 e. The molecule has 2 fully saturated rings. The molecule has 5 nitrogen and oxygen atoms in total. The van der Waals surface area contributed by atoms with Gasteiger partial charge >= 0.3 is 6.18 Å². The number of fused-ring (bicyclic) bond motifs is 2. The summed E-state index contributed by atoms with van der Waals surface area (Å²) in [6.07, 6.45) is -0.231. The number of likely N-dealkylation sites (tertiary alicyclic amines) is 1. The lowest BCUT2D eigenvalue weighted by molar-refractivity contribution is -0.137. The molecule has 2 N–H and O–H groups in total. The second-order valence-electron chi connectivity index (χ2n) is 9.80. The Balaban J connectivity index is 1.04. The molecule has 186 valence electrons. The number of hydrogen-bond donors (Lipinski definition) is 2. The molecule has 1 aliphatic carbocycles. The van der Waals surface area contributed by atoms with Crippen molar-refractivity contribution in [2.75, 3.05) is 19.6 Å². The minimum absolute atomic E-state index is 0.0335. The standard InChI is InChI=1S/C27H30F3N3O2/c1-18(19-6-4-7-21(13-19)27(28,29)30)31-14-25(34)32-22-15-33(16-22)23-9-11-26(12-10-23)24-8-3-2-5-20(24)17-35-26/h2-8,13,22-23,31H,1,9-12,14-17H2,(H,32,34). The zero-order valence-electron chi connectivity index (χ0n) is 19.5. The average molecular weight is 486 g/mol. The van der Waals surface area contributed by atoms with Crippen LogP contribution in [0.4, 0.5) is 13.2 Å². The number of amides is 1. The van der Waals surface area contributed by atoms with Crippen molar-refractivity contribution in [3.05, 3.63) is 77.4 Å². The van der Waals surface area contributed by atoms with Gasteiger partial charge in [0.15, 0.2) is 0 Å². The summed E-state index contributed by atoms with van der Waals surface area (Å²) in [5, 5.41) is 5.84. The van der Waals surface area contributed by atoms with E-state index in [1.807, 2.05) is 0 Å². The van der Waals surface area contributed by atoms with Crippen LogP contribution in [0.2, 0.25) is 0 Å². The first kappa shape index (κ1) is 23.9. The van der Waals surface area contributed by atoms with Gasteiger partial charge in [-0.2, -0.15) is 13.2 Å². The summed E-state index contributed by atoms with van der Waals surface area (Å²) < 4.78 is 45.0. The molecule has 0 radical (unpaired) electrons. The lowest BCUT2D eigenvalue weighted by Crippen LogP contribution is -2.63. The molecule has 0 atom stereocenters. The lowest BCUT2D eigenvalue weighted by Gasteiger charge is -2.48. The molecule has 1 amide bonds. The van der Waals surface area contributed by atoms with Crippen molar-refractivity contribution in [1.82, 2.24) is 15.5 Å². The maximum absolute atomic E-state index is 12.9. The second-order valence-corrected chi connectivity index (χ2v) is 9.80. The number of hydrogen-bond acceptors (Lipinski definition) is 4. The predicted molar refractivity (Wildman–Crippen MR) is 127 cm³/mol. The second kappa shape index (κ2) is 9.32. The molecule has 1 saturated heterocycles. The van der Waals surface area contributed by atoms with E-state index < -0.39 is 11.7 Å². The van der Waals surface area contributed by atoms with Crippen molar-refractivity contribution < 1.29 is 22.7 Å². The highest BCUT2D eigenvalue weighted by Crippen LogP contribution is 2.47. The van der Waals surface area contributed by atoms with E-state index in [1.54, 1.807) is 0 Å². The summed E-state index contributed by atoms with van der Waals surface area (Å²) in [7, 11) is 0. The van der Waals surface area contributed by atoms with Crippen LogP contribution < -0.4 is 10.6 Å². The highest BCUT2D eigenvalue weighted by molar-refractivity contribution is 5.80. The van der Waals surface area contributed by atoms with E-state index in [-0.39, 0.29) is 29.8 Å². The summed E-state index contributed by atoms with van der Waals surface area (Å²) in [6.45, 7) is 6.07. The first-order valence-electron chi connectivity index (χ1n) is 12.1. The van der Waals surface area contributed by atoms with E-state index in [2.05, 4.69) is 46.4 Å². The van der Waals surface area contributed by atoms with Crippen LogP contribution in [0, 0.1) is 0 Å². The van der Waals surface area contributed by atoms with Gasteiger partial charge in [0.25, 0.3) is 0 Å². The van der Waals surface area contributed by atoms with Gasteiger partial charge in [-0.05, 0) is 54.5 Å². The Bertz CT molecular complexity index is 1100. The zero-order chi connectivity index (χ0) is 24.6. The third kappa shape index (κ3) is 4.95. The Morgan fingerprint density at radius 2 is 1.86 bits per heavy atom. The maximum Gasteiger partial charge on any atom is 0.416 e. The monoisotopic (exact) mass is 485 g/mol. The van der Waals surface area contributed by atoms with Crippen LogP contribution in [0.1, 0.15) is 47.9 Å². The molecule has 35 heavy (non-hydrogen) atoms. The molecule has 2 heterocycles. The summed E-state index contributed by atoms with van der Waals surface area (Å²) in [5.41, 5.74) is 2.39. The van der Waals surface area contributed by atoms with Gasteiger partial charge in [0.1, 0.15) is 0 Å². The highest BCUT2D eigenvalue weighted by Gasteiger charge is 2.45. The fourth-order valence-corrected chi connectivity index (χ4v) is 5.59. The van der Waals surface area contributed by atoms with Crippen LogP contribution in [0.3, 0.4) is 0 Å². The largest absolute Gasteiger partial charge is 0.416 e. The summed E-state index contributed by atoms with van der Waals surface area (Å²) in [5.74, 6) is -0.193. The molecule has 2 aromatic carbocycles. The van der Waals surface area contributed by atoms with Crippen molar-refractivity contribution >= 4 is 11.6 Å². The van der Waals surface area contributed by atoms with E-state index in [1.165, 1.54) is 23.3 Å². The van der Waals surface area contributed by atoms with Crippen LogP contribution in [0.25, 0.3) is 5.70 Å². The molecule has 5 rings (SSSR count). The van der Waals surface area contributed by atoms with Crippen LogP contribution in [0.5, 0.6) is 0 Å². The van der Waals surface area contributed by atoms with Gasteiger partial charge in [-0.25, -0.2) is 0 Å². The van der Waals surface area contributed by atoms with E-state index in [4.69, 9.17) is 4.74 Å². The van der Waals surface area contributed by atoms with Crippen molar-refractivity contribution in [2.24, 2.45) is 0 Å². The zero-order valence-corrected chi connectivity index (χ0v) is 19.5. The van der Waals surface area contributed by atoms with Gasteiger partial charge in [-0.3, -0.25) is 9.69 Å². The molecule has 1 spiro atoms. The van der Waals surface area contributed by atoms with Crippen LogP contribution in [0.15, 0.2) is 55.1 Å². The molecule has 3 aliphatic rings. The predicted octanol–water partition coefficient (Wildman–Crippen LogP) is 4.43. The number of rotatable bonds is 6. The molecule has 0 unspecified atom stereocenters. The average Bonchev–Trinajstić information content (AvgIpc) is 3.18. The third-order valence-corrected chi connectivity index (χ3v) is 7.57. The van der Waals surface area contributed by atoms with Gasteiger partial charge in [0.05, 0.1) is 30.4 Å². The molecular weight excluding hydrogens is 455 g/mol. The van der Waals surface area contributed by atoms with Gasteiger partial charge in [-0.1, -0.05) is 43.0 Å². The molecule has 8 heteroatoms. The van der Waals surface area contributed by atoms with Gasteiger partial charge in [0, 0.05) is 24.8 Å². The van der Waals surface area contributed by atoms with Crippen LogP contribution >= 0.6 is 0 Å². The first-order valence-corrected chi connectivity index (χ1v) is 12.1. The van der Waals surface area contributed by atoms with Gasteiger partial charge in [0.2, 0.25) is 5.91 Å². The molecule has 2 aromatic rings. The number of nitrogens with one attached hydrogen (secondary N) is 2. The molecule has 1 saturated carbocycles. The number of benzene rings is 2. The molecule has 2 aliphatic heterocycles. The number of carbonyl (C=O) groups is 1. The van der Waals surface area contributed by atoms with E-state index in [0.717, 1.165) is 50.9 Å². The van der Waals surface area contributed by atoms with Gasteiger partial charge < -0.3 is 15.4 Å². The fourth-order valence-electron chi connectivity index (χ4n) is 5.59.